The lowest BCUT2D eigenvalue weighted by atomic mass is 10.1. The summed E-state index contributed by atoms with van der Waals surface area (Å²) in [5.74, 6) is 0. The number of amides is 2. The summed E-state index contributed by atoms with van der Waals surface area (Å²) in [4.78, 5) is 18.8. The van der Waals surface area contributed by atoms with Crippen molar-refractivity contribution < 1.29 is 4.79 Å². The first-order valence-electron chi connectivity index (χ1n) is 7.02. The van der Waals surface area contributed by atoms with E-state index in [9.17, 15) is 4.79 Å². The topological polar surface area (TPSA) is 54.0 Å². The van der Waals surface area contributed by atoms with Crippen LogP contribution in [0, 0.1) is 13.8 Å². The fourth-order valence-corrected chi connectivity index (χ4v) is 3.32. The van der Waals surface area contributed by atoms with Crippen molar-refractivity contribution in [1.82, 2.24) is 15.6 Å². The zero-order valence-electron chi connectivity index (χ0n) is 12.8. The lowest BCUT2D eigenvalue weighted by Crippen LogP contribution is -2.38. The molecule has 0 spiro atoms. The minimum atomic E-state index is -0.177. The molecule has 2 aromatic rings. The van der Waals surface area contributed by atoms with E-state index in [1.807, 2.05) is 32.0 Å². The predicted molar refractivity (Wildman–Crippen MR) is 86.5 cm³/mol. The largest absolute Gasteiger partial charge is 0.332 e. The number of hydrogen-bond acceptors (Lipinski definition) is 3. The van der Waals surface area contributed by atoms with Gasteiger partial charge in [0.2, 0.25) is 0 Å². The molecule has 4 nitrogen and oxygen atoms in total. The SMILES string of the molecule is Cc1cc(C(C)NC(=O)NC(C)c2ccccn2)c(C)s1. The van der Waals surface area contributed by atoms with Crippen molar-refractivity contribution >= 4 is 17.4 Å². The predicted octanol–water partition coefficient (Wildman–Crippen LogP) is 3.88. The highest BCUT2D eigenvalue weighted by Gasteiger charge is 2.15. The molecule has 0 aliphatic heterocycles. The van der Waals surface area contributed by atoms with Crippen LogP contribution in [0.2, 0.25) is 0 Å². The van der Waals surface area contributed by atoms with Gasteiger partial charge in [-0.25, -0.2) is 4.79 Å². The molecule has 2 aromatic heterocycles. The first kappa shape index (κ1) is 15.5. The summed E-state index contributed by atoms with van der Waals surface area (Å²) >= 11 is 1.75. The van der Waals surface area contributed by atoms with E-state index < -0.39 is 0 Å². The fourth-order valence-electron chi connectivity index (χ4n) is 2.30. The van der Waals surface area contributed by atoms with Crippen molar-refractivity contribution in [2.24, 2.45) is 0 Å². The zero-order valence-corrected chi connectivity index (χ0v) is 13.6. The number of carbonyl (C=O) groups is 1. The van der Waals surface area contributed by atoms with E-state index in [2.05, 4.69) is 35.5 Å². The Hall–Kier alpha value is -1.88. The lowest BCUT2D eigenvalue weighted by Gasteiger charge is -2.18. The van der Waals surface area contributed by atoms with E-state index in [1.165, 1.54) is 15.3 Å². The molecule has 0 aliphatic carbocycles. The maximum absolute atomic E-state index is 12.1. The zero-order chi connectivity index (χ0) is 15.4. The van der Waals surface area contributed by atoms with Gasteiger partial charge in [-0.1, -0.05) is 6.07 Å². The average molecular weight is 303 g/mol. The Labute approximate surface area is 129 Å². The smallest absolute Gasteiger partial charge is 0.315 e. The van der Waals surface area contributed by atoms with E-state index in [-0.39, 0.29) is 18.1 Å². The van der Waals surface area contributed by atoms with Crippen molar-refractivity contribution in [1.29, 1.82) is 0 Å². The third-order valence-electron chi connectivity index (χ3n) is 3.37. The molecular weight excluding hydrogens is 282 g/mol. The summed E-state index contributed by atoms with van der Waals surface area (Å²) in [5, 5.41) is 5.89. The first-order valence-corrected chi connectivity index (χ1v) is 7.84. The summed E-state index contributed by atoms with van der Waals surface area (Å²) in [6, 6.07) is 7.51. The monoisotopic (exact) mass is 303 g/mol. The Kier molecular flexibility index (Phi) is 4.96. The molecule has 2 amide bonds. The van der Waals surface area contributed by atoms with E-state index in [0.717, 1.165) is 5.69 Å². The molecule has 0 saturated carbocycles. The molecule has 5 heteroatoms. The molecule has 2 rings (SSSR count). The van der Waals surface area contributed by atoms with Crippen LogP contribution in [-0.4, -0.2) is 11.0 Å². The molecule has 21 heavy (non-hydrogen) atoms. The molecule has 2 atom stereocenters. The third-order valence-corrected chi connectivity index (χ3v) is 4.35. The number of nitrogens with zero attached hydrogens (tertiary/aromatic N) is 1. The maximum Gasteiger partial charge on any atom is 0.315 e. The Morgan fingerprint density at radius 3 is 2.48 bits per heavy atom. The van der Waals surface area contributed by atoms with Crippen LogP contribution >= 0.6 is 11.3 Å². The molecular formula is C16H21N3OS. The molecule has 2 heterocycles. The van der Waals surface area contributed by atoms with Gasteiger partial charge in [0.1, 0.15) is 0 Å². The summed E-state index contributed by atoms with van der Waals surface area (Å²) < 4.78 is 0. The van der Waals surface area contributed by atoms with Crippen LogP contribution in [0.15, 0.2) is 30.5 Å². The van der Waals surface area contributed by atoms with Gasteiger partial charge >= 0.3 is 6.03 Å². The van der Waals surface area contributed by atoms with E-state index in [0.29, 0.717) is 0 Å². The standard InChI is InChI=1S/C16H21N3OS/c1-10-9-14(13(4)21-10)11(2)18-16(20)19-12(3)15-7-5-6-8-17-15/h5-9,11-12H,1-4H3,(H2,18,19,20). The van der Waals surface area contributed by atoms with Gasteiger partial charge in [-0.3, -0.25) is 4.98 Å². The summed E-state index contributed by atoms with van der Waals surface area (Å²) in [6.45, 7) is 8.09. The van der Waals surface area contributed by atoms with Crippen LogP contribution in [0.25, 0.3) is 0 Å². The van der Waals surface area contributed by atoms with Crippen LogP contribution in [0.1, 0.15) is 46.9 Å². The highest BCUT2D eigenvalue weighted by molar-refractivity contribution is 7.12. The second-order valence-electron chi connectivity index (χ2n) is 5.18. The number of pyridine rings is 1. The number of rotatable bonds is 4. The highest BCUT2D eigenvalue weighted by Crippen LogP contribution is 2.26. The summed E-state index contributed by atoms with van der Waals surface area (Å²) in [5.41, 5.74) is 2.03. The van der Waals surface area contributed by atoms with Crippen LogP contribution in [0.4, 0.5) is 4.79 Å². The first-order chi connectivity index (χ1) is 9.97. The molecule has 112 valence electrons. The number of nitrogens with one attached hydrogen (secondary N) is 2. The molecule has 0 fully saturated rings. The normalized spacial score (nSPS) is 13.5. The molecule has 0 aromatic carbocycles. The number of hydrogen-bond donors (Lipinski definition) is 2. The van der Waals surface area contributed by atoms with E-state index in [1.54, 1.807) is 17.5 Å². The van der Waals surface area contributed by atoms with Crippen molar-refractivity contribution in [2.75, 3.05) is 0 Å². The van der Waals surface area contributed by atoms with Crippen molar-refractivity contribution in [3.05, 3.63) is 51.5 Å². The van der Waals surface area contributed by atoms with Crippen LogP contribution in [-0.2, 0) is 0 Å². The Morgan fingerprint density at radius 1 is 1.19 bits per heavy atom. The number of aryl methyl sites for hydroxylation is 2. The highest BCUT2D eigenvalue weighted by atomic mass is 32.1. The quantitative estimate of drug-likeness (QED) is 0.900. The second-order valence-corrected chi connectivity index (χ2v) is 6.64. The van der Waals surface area contributed by atoms with Gasteiger partial charge in [0.15, 0.2) is 0 Å². The van der Waals surface area contributed by atoms with Gasteiger partial charge in [0.05, 0.1) is 17.8 Å². The average Bonchev–Trinajstić information content (AvgIpc) is 2.78. The van der Waals surface area contributed by atoms with Gasteiger partial charge in [0, 0.05) is 16.0 Å². The fraction of sp³-hybridized carbons (Fsp3) is 0.375. The van der Waals surface area contributed by atoms with Gasteiger partial charge in [-0.2, -0.15) is 0 Å². The number of carbonyl (C=O) groups excluding carboxylic acids is 1. The third kappa shape index (κ3) is 4.04. The molecule has 0 saturated heterocycles. The van der Waals surface area contributed by atoms with Crippen LogP contribution in [0.3, 0.4) is 0 Å². The van der Waals surface area contributed by atoms with Crippen LogP contribution < -0.4 is 10.6 Å². The van der Waals surface area contributed by atoms with Gasteiger partial charge in [-0.15, -0.1) is 11.3 Å². The maximum atomic E-state index is 12.1. The molecule has 0 aliphatic rings. The Bertz CT molecular complexity index is 609. The minimum absolute atomic E-state index is 0.00844. The Balaban J connectivity index is 1.94. The Morgan fingerprint density at radius 2 is 1.90 bits per heavy atom. The van der Waals surface area contributed by atoms with Crippen LogP contribution in [0.5, 0.6) is 0 Å². The van der Waals surface area contributed by atoms with E-state index >= 15 is 0 Å². The molecule has 0 radical (unpaired) electrons. The van der Waals surface area contributed by atoms with Crippen molar-refractivity contribution in [2.45, 2.75) is 39.8 Å². The molecule has 2 unspecified atom stereocenters. The lowest BCUT2D eigenvalue weighted by molar-refractivity contribution is 0.234. The van der Waals surface area contributed by atoms with Gasteiger partial charge in [-0.05, 0) is 51.5 Å². The number of urea groups is 1. The molecule has 2 N–H and O–H groups in total. The molecule has 0 bridgehead atoms. The number of thiophene rings is 1. The second kappa shape index (κ2) is 6.72. The van der Waals surface area contributed by atoms with Crippen molar-refractivity contribution in [3.63, 3.8) is 0 Å². The summed E-state index contributed by atoms with van der Waals surface area (Å²) in [7, 11) is 0. The van der Waals surface area contributed by atoms with Gasteiger partial charge < -0.3 is 10.6 Å². The summed E-state index contributed by atoms with van der Waals surface area (Å²) in [6.07, 6.45) is 1.73. The van der Waals surface area contributed by atoms with Gasteiger partial charge in [0.25, 0.3) is 0 Å². The van der Waals surface area contributed by atoms with Crippen molar-refractivity contribution in [3.8, 4) is 0 Å². The minimum Gasteiger partial charge on any atom is -0.332 e. The number of aromatic nitrogens is 1. The van der Waals surface area contributed by atoms with E-state index in [4.69, 9.17) is 0 Å².